The number of ketones is 2. The molecule has 0 aromatic rings. The van der Waals surface area contributed by atoms with Crippen molar-refractivity contribution in [2.45, 2.75) is 110 Å². The fourth-order valence-electron chi connectivity index (χ4n) is 3.33. The molecule has 0 aromatic carbocycles. The van der Waals surface area contributed by atoms with Crippen molar-refractivity contribution >= 4 is 23.4 Å². The molecule has 0 spiro atoms. The molecule has 0 aromatic heterocycles. The third-order valence-corrected chi connectivity index (χ3v) is 5.00. The van der Waals surface area contributed by atoms with Gasteiger partial charge < -0.3 is 10.8 Å². The van der Waals surface area contributed by atoms with Gasteiger partial charge in [0.05, 0.1) is 0 Å². The Morgan fingerprint density at radius 2 is 1.21 bits per heavy atom. The zero-order valence-electron chi connectivity index (χ0n) is 17.5. The van der Waals surface area contributed by atoms with E-state index in [1.54, 1.807) is 0 Å². The largest absolute Gasteiger partial charge is 0.481 e. The predicted octanol–water partition coefficient (Wildman–Crippen LogP) is 4.57. The van der Waals surface area contributed by atoms with E-state index in [1.165, 1.54) is 38.5 Å². The predicted molar refractivity (Wildman–Crippen MR) is 110 cm³/mol. The lowest BCUT2D eigenvalue weighted by Crippen LogP contribution is -2.25. The van der Waals surface area contributed by atoms with Crippen molar-refractivity contribution in [3.05, 3.63) is 0 Å². The van der Waals surface area contributed by atoms with E-state index in [0.717, 1.165) is 19.3 Å². The second kappa shape index (κ2) is 17.4. The number of primary amides is 1. The number of carboxylic acids is 1. The van der Waals surface area contributed by atoms with Gasteiger partial charge in [0.25, 0.3) is 0 Å². The highest BCUT2D eigenvalue weighted by Gasteiger charge is 2.23. The molecular formula is C22H39NO5. The highest BCUT2D eigenvalue weighted by molar-refractivity contribution is 5.91. The van der Waals surface area contributed by atoms with Crippen LogP contribution in [0.3, 0.4) is 0 Å². The van der Waals surface area contributed by atoms with Crippen molar-refractivity contribution in [3.8, 4) is 0 Å². The summed E-state index contributed by atoms with van der Waals surface area (Å²) < 4.78 is 0. The minimum absolute atomic E-state index is 0.00748. The number of carboxylic acid groups (broad SMARTS) is 1. The van der Waals surface area contributed by atoms with Crippen LogP contribution in [-0.2, 0) is 19.2 Å². The number of hydrogen-bond donors (Lipinski definition) is 2. The Balaban J connectivity index is 4.03. The van der Waals surface area contributed by atoms with Crippen LogP contribution in [-0.4, -0.2) is 28.5 Å². The minimum Gasteiger partial charge on any atom is -0.481 e. The molecule has 0 aliphatic heterocycles. The van der Waals surface area contributed by atoms with Gasteiger partial charge in [0, 0.05) is 38.0 Å². The summed E-state index contributed by atoms with van der Waals surface area (Å²) in [5.41, 5.74) is 5.22. The second-order valence-corrected chi connectivity index (χ2v) is 7.76. The van der Waals surface area contributed by atoms with Gasteiger partial charge in [-0.3, -0.25) is 19.2 Å². The number of carbonyl (C=O) groups is 4. The molecule has 6 heteroatoms. The maximum absolute atomic E-state index is 12.3. The molecule has 0 fully saturated rings. The average Bonchev–Trinajstić information content (AvgIpc) is 2.62. The molecule has 28 heavy (non-hydrogen) atoms. The van der Waals surface area contributed by atoms with Gasteiger partial charge in [0.15, 0.2) is 0 Å². The smallest absolute Gasteiger partial charge is 0.303 e. The van der Waals surface area contributed by atoms with E-state index in [2.05, 4.69) is 6.92 Å². The van der Waals surface area contributed by atoms with Crippen molar-refractivity contribution in [2.75, 3.05) is 0 Å². The monoisotopic (exact) mass is 397 g/mol. The Labute approximate surface area is 169 Å². The molecule has 0 rings (SSSR count). The number of unbranched alkanes of at least 4 members (excludes halogenated alkanes) is 9. The van der Waals surface area contributed by atoms with Crippen molar-refractivity contribution in [1.82, 2.24) is 0 Å². The molecule has 6 nitrogen and oxygen atoms in total. The summed E-state index contributed by atoms with van der Waals surface area (Å²) in [7, 11) is 0. The van der Waals surface area contributed by atoms with Crippen molar-refractivity contribution < 1.29 is 24.3 Å². The van der Waals surface area contributed by atoms with Crippen molar-refractivity contribution in [3.63, 3.8) is 0 Å². The van der Waals surface area contributed by atoms with Gasteiger partial charge >= 0.3 is 5.97 Å². The summed E-state index contributed by atoms with van der Waals surface area (Å²) in [6.07, 6.45) is 12.1. The van der Waals surface area contributed by atoms with Crippen LogP contribution >= 0.6 is 0 Å². The lowest BCUT2D eigenvalue weighted by molar-refractivity contribution is -0.137. The van der Waals surface area contributed by atoms with E-state index in [0.29, 0.717) is 19.3 Å². The summed E-state index contributed by atoms with van der Waals surface area (Å²) >= 11 is 0. The van der Waals surface area contributed by atoms with Crippen LogP contribution in [0, 0.1) is 5.92 Å². The van der Waals surface area contributed by atoms with E-state index < -0.39 is 17.8 Å². The molecule has 1 amide bonds. The number of aliphatic carboxylic acids is 1. The van der Waals surface area contributed by atoms with Crippen LogP contribution < -0.4 is 5.73 Å². The number of Topliss-reactive ketones (excluding diaryl/α,β-unsaturated/α-hetero) is 2. The topological polar surface area (TPSA) is 115 Å². The summed E-state index contributed by atoms with van der Waals surface area (Å²) in [5, 5.41) is 8.62. The third-order valence-electron chi connectivity index (χ3n) is 5.00. The zero-order valence-corrected chi connectivity index (χ0v) is 17.5. The van der Waals surface area contributed by atoms with E-state index >= 15 is 0 Å². The molecule has 0 heterocycles. The molecule has 0 saturated heterocycles. The zero-order chi connectivity index (χ0) is 21.2. The molecule has 0 aliphatic rings. The summed E-state index contributed by atoms with van der Waals surface area (Å²) in [5.74, 6) is -2.29. The number of hydrogen-bond acceptors (Lipinski definition) is 4. The van der Waals surface area contributed by atoms with Crippen molar-refractivity contribution in [1.29, 1.82) is 0 Å². The van der Waals surface area contributed by atoms with Crippen LogP contribution in [0.4, 0.5) is 0 Å². The molecule has 162 valence electrons. The van der Waals surface area contributed by atoms with Gasteiger partial charge in [-0.15, -0.1) is 0 Å². The van der Waals surface area contributed by atoms with Crippen LogP contribution in [0.1, 0.15) is 110 Å². The molecular weight excluding hydrogens is 358 g/mol. The fourth-order valence-corrected chi connectivity index (χ4v) is 3.33. The van der Waals surface area contributed by atoms with Gasteiger partial charge in [-0.05, 0) is 19.3 Å². The van der Waals surface area contributed by atoms with Crippen LogP contribution in [0.15, 0.2) is 0 Å². The standard InChI is InChI=1S/C22H39NO5/c1-2-3-4-5-6-7-8-9-10-13-19(24)16-18(17-21(23)26)20(25)14-11-12-15-22(27)28/h18H,2-17H2,1H3,(H2,23,26)(H,27,28). The first kappa shape index (κ1) is 26.3. The molecule has 0 bridgehead atoms. The maximum atomic E-state index is 12.3. The van der Waals surface area contributed by atoms with Gasteiger partial charge in [-0.2, -0.15) is 0 Å². The van der Waals surface area contributed by atoms with Gasteiger partial charge in [-0.1, -0.05) is 58.3 Å². The number of carbonyl (C=O) groups excluding carboxylic acids is 3. The highest BCUT2D eigenvalue weighted by atomic mass is 16.4. The molecule has 0 saturated carbocycles. The number of nitrogens with two attached hydrogens (primary N) is 1. The van der Waals surface area contributed by atoms with Crippen molar-refractivity contribution in [2.24, 2.45) is 11.7 Å². The average molecular weight is 398 g/mol. The molecule has 3 N–H and O–H groups in total. The van der Waals surface area contributed by atoms with Crippen LogP contribution in [0.5, 0.6) is 0 Å². The molecule has 1 atom stereocenters. The number of amides is 1. The summed E-state index contributed by atoms with van der Waals surface area (Å²) in [6, 6.07) is 0. The Bertz CT molecular complexity index is 476. The van der Waals surface area contributed by atoms with Crippen LogP contribution in [0.25, 0.3) is 0 Å². The number of rotatable bonds is 20. The van der Waals surface area contributed by atoms with Gasteiger partial charge in [-0.25, -0.2) is 0 Å². The molecule has 0 aliphatic carbocycles. The third kappa shape index (κ3) is 16.5. The van der Waals surface area contributed by atoms with E-state index in [-0.39, 0.29) is 37.2 Å². The second-order valence-electron chi connectivity index (χ2n) is 7.76. The summed E-state index contributed by atoms with van der Waals surface area (Å²) in [6.45, 7) is 2.21. The highest BCUT2D eigenvalue weighted by Crippen LogP contribution is 2.18. The summed E-state index contributed by atoms with van der Waals surface area (Å²) in [4.78, 5) is 46.2. The lowest BCUT2D eigenvalue weighted by atomic mass is 9.89. The Morgan fingerprint density at radius 1 is 0.714 bits per heavy atom. The van der Waals surface area contributed by atoms with Gasteiger partial charge in [0.2, 0.25) is 5.91 Å². The van der Waals surface area contributed by atoms with Crippen LogP contribution in [0.2, 0.25) is 0 Å². The quantitative estimate of drug-likeness (QED) is 0.292. The van der Waals surface area contributed by atoms with E-state index in [4.69, 9.17) is 10.8 Å². The first-order valence-electron chi connectivity index (χ1n) is 10.9. The van der Waals surface area contributed by atoms with E-state index in [9.17, 15) is 19.2 Å². The first-order valence-corrected chi connectivity index (χ1v) is 10.9. The Hall–Kier alpha value is -1.72. The SMILES string of the molecule is CCCCCCCCCCCC(=O)CC(CC(N)=O)C(=O)CCCCC(=O)O. The molecule has 0 radical (unpaired) electrons. The normalized spacial score (nSPS) is 11.9. The van der Waals surface area contributed by atoms with E-state index in [1.807, 2.05) is 0 Å². The Kier molecular flexibility index (Phi) is 16.3. The maximum Gasteiger partial charge on any atom is 0.303 e. The van der Waals surface area contributed by atoms with Gasteiger partial charge in [0.1, 0.15) is 11.6 Å². The minimum atomic E-state index is -0.891. The Morgan fingerprint density at radius 3 is 1.75 bits per heavy atom. The lowest BCUT2D eigenvalue weighted by Gasteiger charge is -2.13. The molecule has 1 unspecified atom stereocenters. The fraction of sp³-hybridized carbons (Fsp3) is 0.818. The first-order chi connectivity index (χ1) is 13.4.